The number of hydrogen-bond donors (Lipinski definition) is 2. The first-order valence-corrected chi connectivity index (χ1v) is 7.22. The summed E-state index contributed by atoms with van der Waals surface area (Å²) >= 11 is 5.80. The number of nitrogens with one attached hydrogen (secondary N) is 1. The number of nitrogens with zero attached hydrogens (tertiary/aromatic N) is 3. The van der Waals surface area contributed by atoms with Crippen LogP contribution in [0.2, 0.25) is 5.02 Å². The topological polar surface area (TPSA) is 80.0 Å². The fourth-order valence-electron chi connectivity index (χ4n) is 2.03. The van der Waals surface area contributed by atoms with Gasteiger partial charge in [0.05, 0.1) is 11.6 Å². The van der Waals surface area contributed by atoms with Gasteiger partial charge in [0, 0.05) is 30.2 Å². The van der Waals surface area contributed by atoms with Gasteiger partial charge in [0.1, 0.15) is 5.75 Å². The summed E-state index contributed by atoms with van der Waals surface area (Å²) in [6.45, 7) is 0.564. The van der Waals surface area contributed by atoms with Gasteiger partial charge in [-0.2, -0.15) is 5.10 Å². The van der Waals surface area contributed by atoms with Crippen LogP contribution in [0.1, 0.15) is 15.9 Å². The van der Waals surface area contributed by atoms with Gasteiger partial charge in [0.25, 0.3) is 5.91 Å². The maximum absolute atomic E-state index is 12.1. The lowest BCUT2D eigenvalue weighted by molar-refractivity contribution is 0.102. The highest BCUT2D eigenvalue weighted by atomic mass is 35.5. The summed E-state index contributed by atoms with van der Waals surface area (Å²) in [5.41, 5.74) is 1.36. The molecule has 0 fully saturated rings. The molecular formula is C16H13ClN4O2. The van der Waals surface area contributed by atoms with Gasteiger partial charge in [-0.05, 0) is 29.8 Å². The normalized spacial score (nSPS) is 10.5. The minimum atomic E-state index is -0.349. The number of aromatic nitrogens is 3. The van der Waals surface area contributed by atoms with Crippen molar-refractivity contribution in [3.05, 3.63) is 71.1 Å². The van der Waals surface area contributed by atoms with Crippen LogP contribution in [0.5, 0.6) is 5.75 Å². The van der Waals surface area contributed by atoms with Gasteiger partial charge in [0.2, 0.25) is 0 Å². The van der Waals surface area contributed by atoms with E-state index in [1.807, 2.05) is 12.1 Å². The van der Waals surface area contributed by atoms with Gasteiger partial charge >= 0.3 is 0 Å². The molecule has 1 amide bonds. The summed E-state index contributed by atoms with van der Waals surface area (Å²) in [6.07, 6.45) is 5.24. The first-order valence-electron chi connectivity index (χ1n) is 6.84. The Labute approximate surface area is 137 Å². The van der Waals surface area contributed by atoms with Crippen molar-refractivity contribution in [1.29, 1.82) is 0 Å². The van der Waals surface area contributed by atoms with Crippen molar-refractivity contribution in [1.82, 2.24) is 14.8 Å². The molecule has 3 aromatic rings. The quantitative estimate of drug-likeness (QED) is 0.771. The average Bonchev–Trinajstić information content (AvgIpc) is 2.98. The minimum Gasteiger partial charge on any atom is -0.506 e. The lowest BCUT2D eigenvalue weighted by atomic mass is 10.2. The lowest BCUT2D eigenvalue weighted by Crippen LogP contribution is -2.12. The molecule has 0 atom stereocenters. The van der Waals surface area contributed by atoms with Gasteiger partial charge < -0.3 is 10.4 Å². The molecule has 0 aliphatic rings. The van der Waals surface area contributed by atoms with Gasteiger partial charge in [-0.15, -0.1) is 0 Å². The Morgan fingerprint density at radius 3 is 2.91 bits per heavy atom. The number of hydrogen-bond acceptors (Lipinski definition) is 4. The number of pyridine rings is 1. The first-order chi connectivity index (χ1) is 11.1. The SMILES string of the molecule is O=C(Nc1ccn(Cc2cccnc2)n1)c1ccc(O)c(Cl)c1. The summed E-state index contributed by atoms with van der Waals surface area (Å²) in [6, 6.07) is 9.78. The van der Waals surface area contributed by atoms with E-state index < -0.39 is 0 Å². The second-order valence-electron chi connectivity index (χ2n) is 4.88. The molecule has 1 aromatic carbocycles. The van der Waals surface area contributed by atoms with E-state index in [2.05, 4.69) is 15.4 Å². The monoisotopic (exact) mass is 328 g/mol. The fourth-order valence-corrected chi connectivity index (χ4v) is 2.21. The lowest BCUT2D eigenvalue weighted by Gasteiger charge is -2.04. The minimum absolute atomic E-state index is 0.0658. The van der Waals surface area contributed by atoms with Crippen LogP contribution in [-0.4, -0.2) is 25.8 Å². The maximum atomic E-state index is 12.1. The van der Waals surface area contributed by atoms with E-state index in [1.165, 1.54) is 18.2 Å². The predicted octanol–water partition coefficient (Wildman–Crippen LogP) is 2.94. The largest absolute Gasteiger partial charge is 0.506 e. The molecule has 0 saturated carbocycles. The van der Waals surface area contributed by atoms with E-state index in [1.54, 1.807) is 29.3 Å². The van der Waals surface area contributed by atoms with Crippen LogP contribution in [0.25, 0.3) is 0 Å². The van der Waals surface area contributed by atoms with Crippen LogP contribution in [0, 0.1) is 0 Å². The number of carbonyl (C=O) groups is 1. The molecular weight excluding hydrogens is 316 g/mol. The Hall–Kier alpha value is -2.86. The van der Waals surface area contributed by atoms with Crippen molar-refractivity contribution >= 4 is 23.3 Å². The third-order valence-corrected chi connectivity index (χ3v) is 3.46. The molecule has 0 radical (unpaired) electrons. The zero-order valence-electron chi connectivity index (χ0n) is 12.0. The molecule has 2 aromatic heterocycles. The Morgan fingerprint density at radius 2 is 2.17 bits per heavy atom. The van der Waals surface area contributed by atoms with Crippen LogP contribution in [0.3, 0.4) is 0 Å². The molecule has 6 nitrogen and oxygen atoms in total. The molecule has 2 N–H and O–H groups in total. The molecule has 0 unspecified atom stereocenters. The second kappa shape index (κ2) is 6.50. The van der Waals surface area contributed by atoms with E-state index in [-0.39, 0.29) is 16.7 Å². The van der Waals surface area contributed by atoms with E-state index in [0.29, 0.717) is 17.9 Å². The number of rotatable bonds is 4. The molecule has 0 bridgehead atoms. The number of phenolic OH excluding ortho intramolecular Hbond substituents is 1. The highest BCUT2D eigenvalue weighted by molar-refractivity contribution is 6.32. The Morgan fingerprint density at radius 1 is 1.30 bits per heavy atom. The van der Waals surface area contributed by atoms with Crippen molar-refractivity contribution in [2.24, 2.45) is 0 Å². The first kappa shape index (κ1) is 15.1. The Bertz CT molecular complexity index is 833. The number of phenols is 1. The van der Waals surface area contributed by atoms with E-state index in [4.69, 9.17) is 11.6 Å². The zero-order chi connectivity index (χ0) is 16.2. The van der Waals surface area contributed by atoms with Gasteiger partial charge in [-0.1, -0.05) is 17.7 Å². The van der Waals surface area contributed by atoms with E-state index in [9.17, 15) is 9.90 Å². The maximum Gasteiger partial charge on any atom is 0.256 e. The number of halogens is 1. The predicted molar refractivity (Wildman–Crippen MR) is 86.6 cm³/mol. The van der Waals surface area contributed by atoms with Gasteiger partial charge in [0.15, 0.2) is 5.82 Å². The molecule has 0 spiro atoms. The van der Waals surface area contributed by atoms with Crippen LogP contribution in [-0.2, 0) is 6.54 Å². The average molecular weight is 329 g/mol. The van der Waals surface area contributed by atoms with Crippen LogP contribution >= 0.6 is 11.6 Å². The van der Waals surface area contributed by atoms with Crippen LogP contribution < -0.4 is 5.32 Å². The molecule has 0 saturated heterocycles. The van der Waals surface area contributed by atoms with Crippen molar-refractivity contribution < 1.29 is 9.90 Å². The summed E-state index contributed by atoms with van der Waals surface area (Å²) in [7, 11) is 0. The van der Waals surface area contributed by atoms with Crippen molar-refractivity contribution in [3.63, 3.8) is 0 Å². The summed E-state index contributed by atoms with van der Waals surface area (Å²) in [5, 5.41) is 16.5. The third-order valence-electron chi connectivity index (χ3n) is 3.16. The molecule has 7 heteroatoms. The Balaban J connectivity index is 1.68. The molecule has 0 aliphatic carbocycles. The summed E-state index contributed by atoms with van der Waals surface area (Å²) < 4.78 is 1.70. The van der Waals surface area contributed by atoms with Crippen molar-refractivity contribution in [3.8, 4) is 5.75 Å². The second-order valence-corrected chi connectivity index (χ2v) is 5.29. The smallest absolute Gasteiger partial charge is 0.256 e. The standard InChI is InChI=1S/C16H13ClN4O2/c17-13-8-12(3-4-14(13)22)16(23)19-15-5-7-21(20-15)10-11-2-1-6-18-9-11/h1-9,22H,10H2,(H,19,20,23). The number of anilines is 1. The molecule has 2 heterocycles. The molecule has 0 aliphatic heterocycles. The number of amides is 1. The third kappa shape index (κ3) is 3.67. The highest BCUT2D eigenvalue weighted by Gasteiger charge is 2.10. The summed E-state index contributed by atoms with van der Waals surface area (Å²) in [5.74, 6) is 0.0191. The van der Waals surface area contributed by atoms with Crippen LogP contribution in [0.4, 0.5) is 5.82 Å². The van der Waals surface area contributed by atoms with Crippen LogP contribution in [0.15, 0.2) is 55.0 Å². The molecule has 23 heavy (non-hydrogen) atoms. The number of carbonyl (C=O) groups excluding carboxylic acids is 1. The van der Waals surface area contributed by atoms with Crippen molar-refractivity contribution in [2.45, 2.75) is 6.54 Å². The summed E-state index contributed by atoms with van der Waals surface area (Å²) in [4.78, 5) is 16.2. The zero-order valence-corrected chi connectivity index (χ0v) is 12.7. The number of aromatic hydroxyl groups is 1. The van der Waals surface area contributed by atoms with Crippen molar-refractivity contribution in [2.75, 3.05) is 5.32 Å². The molecule has 116 valence electrons. The van der Waals surface area contributed by atoms with E-state index in [0.717, 1.165) is 5.56 Å². The highest BCUT2D eigenvalue weighted by Crippen LogP contribution is 2.24. The fraction of sp³-hybridized carbons (Fsp3) is 0.0625. The van der Waals surface area contributed by atoms with Gasteiger partial charge in [-0.3, -0.25) is 14.5 Å². The molecule has 3 rings (SSSR count). The van der Waals surface area contributed by atoms with E-state index >= 15 is 0 Å². The number of benzene rings is 1. The van der Waals surface area contributed by atoms with Gasteiger partial charge in [-0.25, -0.2) is 0 Å². The Kier molecular flexibility index (Phi) is 4.25.